The van der Waals surface area contributed by atoms with Crippen molar-refractivity contribution in [3.05, 3.63) is 75.8 Å². The van der Waals surface area contributed by atoms with E-state index in [1.54, 1.807) is 23.9 Å². The number of aryl methyl sites for hydroxylation is 2. The topological polar surface area (TPSA) is 74.8 Å². The summed E-state index contributed by atoms with van der Waals surface area (Å²) in [4.78, 5) is 31.2. The van der Waals surface area contributed by atoms with Gasteiger partial charge in [-0.05, 0) is 24.6 Å². The lowest BCUT2D eigenvalue weighted by Crippen LogP contribution is -2.26. The molecule has 3 aromatic rings. The van der Waals surface area contributed by atoms with E-state index in [1.807, 2.05) is 12.1 Å². The molecule has 6 heteroatoms. The van der Waals surface area contributed by atoms with Crippen LogP contribution in [0.5, 0.6) is 0 Å². The number of amides is 1. The number of rotatable bonds is 8. The lowest BCUT2D eigenvalue weighted by molar-refractivity contribution is -0.120. The summed E-state index contributed by atoms with van der Waals surface area (Å²) in [5.74, 6) is 2.33. The maximum absolute atomic E-state index is 12.0. The van der Waals surface area contributed by atoms with Crippen molar-refractivity contribution in [1.82, 2.24) is 15.3 Å². The van der Waals surface area contributed by atoms with Crippen molar-refractivity contribution in [2.45, 2.75) is 25.5 Å². The highest BCUT2D eigenvalue weighted by molar-refractivity contribution is 7.98. The molecule has 0 aliphatic heterocycles. The van der Waals surface area contributed by atoms with Gasteiger partial charge in [-0.3, -0.25) is 9.59 Å². The van der Waals surface area contributed by atoms with Crippen molar-refractivity contribution in [2.75, 3.05) is 12.3 Å². The van der Waals surface area contributed by atoms with E-state index in [1.165, 1.54) is 11.1 Å². The average molecular weight is 382 g/mol. The molecule has 5 nitrogen and oxygen atoms in total. The molecule has 0 aliphatic carbocycles. The summed E-state index contributed by atoms with van der Waals surface area (Å²) < 4.78 is 0. The van der Waals surface area contributed by atoms with Crippen LogP contribution in [-0.4, -0.2) is 28.2 Å². The Morgan fingerprint density at radius 1 is 1.15 bits per heavy atom. The first kappa shape index (κ1) is 19.2. The SMILES string of the molecule is Cc1ccc(CSCCNC(=O)CCc2nc3ccccc3c(=O)[nH]2)cc1. The van der Waals surface area contributed by atoms with Crippen molar-refractivity contribution in [2.24, 2.45) is 0 Å². The molecule has 0 atom stereocenters. The van der Waals surface area contributed by atoms with E-state index in [0.29, 0.717) is 36.1 Å². The van der Waals surface area contributed by atoms with Crippen molar-refractivity contribution in [1.29, 1.82) is 0 Å². The number of para-hydroxylation sites is 1. The molecule has 2 N–H and O–H groups in total. The van der Waals surface area contributed by atoms with Crippen molar-refractivity contribution < 1.29 is 4.79 Å². The number of nitrogens with one attached hydrogen (secondary N) is 2. The Balaban J connectivity index is 1.38. The molecule has 140 valence electrons. The fourth-order valence-corrected chi connectivity index (χ4v) is 3.53. The monoisotopic (exact) mass is 381 g/mol. The van der Waals surface area contributed by atoms with E-state index < -0.39 is 0 Å². The van der Waals surface area contributed by atoms with Crippen LogP contribution in [-0.2, 0) is 17.0 Å². The summed E-state index contributed by atoms with van der Waals surface area (Å²) in [6.07, 6.45) is 0.728. The van der Waals surface area contributed by atoms with Gasteiger partial charge in [-0.1, -0.05) is 42.0 Å². The highest BCUT2D eigenvalue weighted by Crippen LogP contribution is 2.12. The molecule has 27 heavy (non-hydrogen) atoms. The quantitative estimate of drug-likeness (QED) is 0.588. The molecule has 1 aromatic heterocycles. The number of aromatic amines is 1. The Morgan fingerprint density at radius 2 is 1.93 bits per heavy atom. The molecule has 0 fully saturated rings. The summed E-state index contributed by atoms with van der Waals surface area (Å²) in [6.45, 7) is 2.71. The van der Waals surface area contributed by atoms with E-state index in [9.17, 15) is 9.59 Å². The fraction of sp³-hybridized carbons (Fsp3) is 0.286. The van der Waals surface area contributed by atoms with Crippen LogP contribution in [0.3, 0.4) is 0 Å². The molecule has 0 saturated heterocycles. The van der Waals surface area contributed by atoms with Gasteiger partial charge in [-0.2, -0.15) is 11.8 Å². The van der Waals surface area contributed by atoms with Gasteiger partial charge in [-0.15, -0.1) is 0 Å². The molecular formula is C21H23N3O2S. The molecule has 1 amide bonds. The molecule has 0 radical (unpaired) electrons. The summed E-state index contributed by atoms with van der Waals surface area (Å²) >= 11 is 1.80. The Hall–Kier alpha value is -2.60. The third-order valence-electron chi connectivity index (χ3n) is 4.21. The van der Waals surface area contributed by atoms with Gasteiger partial charge in [0.25, 0.3) is 5.56 Å². The van der Waals surface area contributed by atoms with E-state index in [-0.39, 0.29) is 11.5 Å². The van der Waals surface area contributed by atoms with Gasteiger partial charge in [0.1, 0.15) is 5.82 Å². The van der Waals surface area contributed by atoms with Crippen LogP contribution in [0.1, 0.15) is 23.4 Å². The molecular weight excluding hydrogens is 358 g/mol. The van der Waals surface area contributed by atoms with Crippen molar-refractivity contribution in [3.8, 4) is 0 Å². The van der Waals surface area contributed by atoms with E-state index >= 15 is 0 Å². The number of nitrogens with zero attached hydrogens (tertiary/aromatic N) is 1. The zero-order chi connectivity index (χ0) is 19.1. The summed E-state index contributed by atoms with van der Waals surface area (Å²) in [7, 11) is 0. The smallest absolute Gasteiger partial charge is 0.258 e. The van der Waals surface area contributed by atoms with Crippen LogP contribution in [0.4, 0.5) is 0 Å². The number of H-pyrrole nitrogens is 1. The molecule has 1 heterocycles. The van der Waals surface area contributed by atoms with E-state index in [2.05, 4.69) is 46.5 Å². The number of benzene rings is 2. The molecule has 0 bridgehead atoms. The molecule has 0 aliphatic rings. The average Bonchev–Trinajstić information content (AvgIpc) is 2.67. The predicted octanol–water partition coefficient (Wildman–Crippen LogP) is 3.21. The number of carbonyl (C=O) groups is 1. The van der Waals surface area contributed by atoms with Crippen molar-refractivity contribution >= 4 is 28.6 Å². The van der Waals surface area contributed by atoms with Gasteiger partial charge in [0.15, 0.2) is 0 Å². The number of hydrogen-bond donors (Lipinski definition) is 2. The van der Waals surface area contributed by atoms with E-state index in [0.717, 1.165) is 11.5 Å². The normalized spacial score (nSPS) is 10.9. The highest BCUT2D eigenvalue weighted by atomic mass is 32.2. The van der Waals surface area contributed by atoms with Gasteiger partial charge in [-0.25, -0.2) is 4.98 Å². The second-order valence-electron chi connectivity index (χ2n) is 6.42. The second kappa shape index (κ2) is 9.37. The minimum absolute atomic E-state index is 0.0262. The fourth-order valence-electron chi connectivity index (χ4n) is 2.71. The first-order valence-electron chi connectivity index (χ1n) is 9.00. The van der Waals surface area contributed by atoms with Crippen LogP contribution in [0.25, 0.3) is 10.9 Å². The van der Waals surface area contributed by atoms with Gasteiger partial charge >= 0.3 is 0 Å². The maximum atomic E-state index is 12.0. The van der Waals surface area contributed by atoms with Gasteiger partial charge in [0.05, 0.1) is 10.9 Å². The third kappa shape index (κ3) is 5.69. The largest absolute Gasteiger partial charge is 0.355 e. The zero-order valence-electron chi connectivity index (χ0n) is 15.3. The number of fused-ring (bicyclic) bond motifs is 1. The first-order valence-corrected chi connectivity index (χ1v) is 10.2. The third-order valence-corrected chi connectivity index (χ3v) is 5.24. The zero-order valence-corrected chi connectivity index (χ0v) is 16.1. The predicted molar refractivity (Wildman–Crippen MR) is 111 cm³/mol. The molecule has 3 rings (SSSR count). The standard InChI is InChI=1S/C21H23N3O2S/c1-15-6-8-16(9-7-15)14-27-13-12-22-20(25)11-10-19-23-18-5-3-2-4-17(18)21(26)24-19/h2-9H,10-14H2,1H3,(H,22,25)(H,23,24,26). The summed E-state index contributed by atoms with van der Waals surface area (Å²) in [6, 6.07) is 15.7. The summed E-state index contributed by atoms with van der Waals surface area (Å²) in [5, 5.41) is 3.49. The number of aromatic nitrogens is 2. The van der Waals surface area contributed by atoms with Crippen LogP contribution in [0.2, 0.25) is 0 Å². The number of carbonyl (C=O) groups excluding carboxylic acids is 1. The minimum Gasteiger partial charge on any atom is -0.355 e. The minimum atomic E-state index is -0.163. The Bertz CT molecular complexity index is 967. The number of thioether (sulfide) groups is 1. The van der Waals surface area contributed by atoms with Gasteiger partial charge < -0.3 is 10.3 Å². The number of hydrogen-bond acceptors (Lipinski definition) is 4. The summed E-state index contributed by atoms with van der Waals surface area (Å²) in [5.41, 5.74) is 3.05. The highest BCUT2D eigenvalue weighted by Gasteiger charge is 2.06. The molecule has 0 unspecified atom stereocenters. The van der Waals surface area contributed by atoms with Gasteiger partial charge in [0.2, 0.25) is 5.91 Å². The lowest BCUT2D eigenvalue weighted by atomic mass is 10.2. The lowest BCUT2D eigenvalue weighted by Gasteiger charge is -2.06. The van der Waals surface area contributed by atoms with Crippen LogP contribution in [0, 0.1) is 6.92 Å². The first-order chi connectivity index (χ1) is 13.1. The Morgan fingerprint density at radius 3 is 2.74 bits per heavy atom. The van der Waals surface area contributed by atoms with Crippen LogP contribution in [0.15, 0.2) is 53.3 Å². The van der Waals surface area contributed by atoms with Crippen molar-refractivity contribution in [3.63, 3.8) is 0 Å². The molecule has 0 spiro atoms. The van der Waals surface area contributed by atoms with Gasteiger partial charge in [0, 0.05) is 30.9 Å². The Kier molecular flexibility index (Phi) is 6.65. The second-order valence-corrected chi connectivity index (χ2v) is 7.52. The van der Waals surface area contributed by atoms with E-state index in [4.69, 9.17) is 0 Å². The maximum Gasteiger partial charge on any atom is 0.258 e. The molecule has 0 saturated carbocycles. The van der Waals surface area contributed by atoms with Crippen LogP contribution < -0.4 is 10.9 Å². The van der Waals surface area contributed by atoms with Crippen LogP contribution >= 0.6 is 11.8 Å². The molecule has 2 aromatic carbocycles. The Labute approximate surface area is 162 Å².